The normalized spacial score (nSPS) is 14.0. The van der Waals surface area contributed by atoms with E-state index in [-0.39, 0.29) is 25.7 Å². The molecule has 0 aromatic carbocycles. The summed E-state index contributed by atoms with van der Waals surface area (Å²) in [5.74, 6) is -0.634. The first-order chi connectivity index (χ1) is 45.9. The van der Waals surface area contributed by atoms with Crippen molar-refractivity contribution < 1.29 is 80.2 Å². The predicted molar refractivity (Wildman–Crippen MR) is 386 cm³/mol. The minimum atomic E-state index is -4.96. The summed E-state index contributed by atoms with van der Waals surface area (Å²) in [6.07, 6.45) is 55.4. The van der Waals surface area contributed by atoms with Gasteiger partial charge in [-0.05, 0) is 37.5 Å². The van der Waals surface area contributed by atoms with Crippen LogP contribution in [0.4, 0.5) is 0 Å². The SMILES string of the molecule is CCCCCCCCCCCCCCCCCCC(=O)O[C@H](COC(=O)CCCCCCCCCCCCCCCCC)COP(=O)(O)OC[C@@H](O)COP(=O)(O)OC[C@@H](COC(=O)CCCCCCCCCCCC(C)C)OC(=O)CCCCCCCCCCCC(C)C. The fraction of sp³-hybridized carbons (Fsp3) is 0.947. The third-order valence-corrected chi connectivity index (χ3v) is 19.6. The quantitative estimate of drug-likeness (QED) is 0.0222. The van der Waals surface area contributed by atoms with Crippen molar-refractivity contribution >= 4 is 39.5 Å². The minimum absolute atomic E-state index is 0.105. The Hall–Kier alpha value is -1.94. The number of rotatable bonds is 75. The molecule has 0 aliphatic carbocycles. The molecule has 5 atom stereocenters. The molecule has 0 rings (SSSR count). The van der Waals surface area contributed by atoms with Gasteiger partial charge in [-0.1, -0.05) is 343 Å². The van der Waals surface area contributed by atoms with Gasteiger partial charge < -0.3 is 33.8 Å². The van der Waals surface area contributed by atoms with E-state index in [2.05, 4.69) is 41.5 Å². The average Bonchev–Trinajstić information content (AvgIpc) is 1.73. The van der Waals surface area contributed by atoms with Gasteiger partial charge in [0.2, 0.25) is 0 Å². The number of phosphoric ester groups is 2. The Labute approximate surface area is 581 Å². The third-order valence-electron chi connectivity index (χ3n) is 17.7. The molecule has 2 unspecified atom stereocenters. The zero-order chi connectivity index (χ0) is 70.0. The highest BCUT2D eigenvalue weighted by Gasteiger charge is 2.30. The molecule has 17 nitrogen and oxygen atoms in total. The number of unbranched alkanes of at least 4 members (excludes halogenated alkanes) is 45. The zero-order valence-electron chi connectivity index (χ0n) is 62.0. The molecule has 0 heterocycles. The smallest absolute Gasteiger partial charge is 0.462 e. The van der Waals surface area contributed by atoms with Gasteiger partial charge in [0.15, 0.2) is 12.2 Å². The molecule has 3 N–H and O–H groups in total. The molecule has 19 heteroatoms. The number of ether oxygens (including phenoxy) is 4. The maximum atomic E-state index is 13.1. The van der Waals surface area contributed by atoms with E-state index < -0.39 is 97.5 Å². The fourth-order valence-corrected chi connectivity index (χ4v) is 13.2. The largest absolute Gasteiger partial charge is 0.472 e. The number of carbonyl (C=O) groups is 4. The standard InChI is InChI=1S/C76H148O17P2/c1-7-9-11-13-15-17-19-21-23-25-27-29-35-42-48-54-60-75(80)92-71(64-86-73(78)58-52-46-40-34-28-26-24-22-20-18-16-14-12-10-8-2)66-90-94(82,83)88-62-70(77)63-89-95(84,85)91-67-72(93-76(81)61-55-49-43-37-31-33-39-45-51-57-69(5)6)65-87-74(79)59-53-47-41-36-30-32-38-44-50-56-68(3)4/h68-72,77H,7-67H2,1-6H3,(H,82,83)(H,84,85)/t70-,71-,72-/m1/s1. The van der Waals surface area contributed by atoms with Gasteiger partial charge in [0.25, 0.3) is 0 Å². The summed E-state index contributed by atoms with van der Waals surface area (Å²) in [5.41, 5.74) is 0. The molecule has 0 saturated heterocycles. The lowest BCUT2D eigenvalue weighted by atomic mass is 10.0. The van der Waals surface area contributed by atoms with Crippen LogP contribution in [0, 0.1) is 11.8 Å². The summed E-state index contributed by atoms with van der Waals surface area (Å²) in [4.78, 5) is 72.8. The number of carbonyl (C=O) groups excluding carboxylic acids is 4. The van der Waals surface area contributed by atoms with Crippen molar-refractivity contribution in [2.24, 2.45) is 11.8 Å². The second-order valence-corrected chi connectivity index (χ2v) is 31.3. The Balaban J connectivity index is 5.26. The van der Waals surface area contributed by atoms with Crippen molar-refractivity contribution in [2.45, 2.75) is 413 Å². The number of hydrogen-bond donors (Lipinski definition) is 3. The van der Waals surface area contributed by atoms with E-state index in [1.165, 1.54) is 212 Å². The molecule has 0 aromatic heterocycles. The van der Waals surface area contributed by atoms with Gasteiger partial charge in [0.05, 0.1) is 26.4 Å². The van der Waals surface area contributed by atoms with Crippen molar-refractivity contribution in [2.75, 3.05) is 39.6 Å². The molecule has 0 saturated carbocycles. The second kappa shape index (κ2) is 67.9. The summed E-state index contributed by atoms with van der Waals surface area (Å²) in [5, 5.41) is 10.6. The molecule has 0 aliphatic rings. The maximum Gasteiger partial charge on any atom is 0.472 e. The highest BCUT2D eigenvalue weighted by molar-refractivity contribution is 7.47. The lowest BCUT2D eigenvalue weighted by Gasteiger charge is -2.21. The van der Waals surface area contributed by atoms with Crippen LogP contribution in [-0.2, 0) is 65.4 Å². The van der Waals surface area contributed by atoms with Crippen molar-refractivity contribution in [1.82, 2.24) is 0 Å². The molecule has 0 radical (unpaired) electrons. The van der Waals surface area contributed by atoms with Gasteiger partial charge >= 0.3 is 39.5 Å². The Morgan fingerprint density at radius 2 is 0.484 bits per heavy atom. The second-order valence-electron chi connectivity index (χ2n) is 28.3. The number of esters is 4. The molecule has 0 aromatic rings. The molecule has 0 amide bonds. The van der Waals surface area contributed by atoms with Crippen molar-refractivity contribution in [3.05, 3.63) is 0 Å². The number of aliphatic hydroxyl groups excluding tert-OH is 1. The van der Waals surface area contributed by atoms with Crippen molar-refractivity contribution in [3.63, 3.8) is 0 Å². The molecule has 0 bridgehead atoms. The topological polar surface area (TPSA) is 237 Å². The molecule has 0 aliphatic heterocycles. The van der Waals surface area contributed by atoms with E-state index in [4.69, 9.17) is 37.0 Å². The van der Waals surface area contributed by atoms with E-state index >= 15 is 0 Å². The highest BCUT2D eigenvalue weighted by Crippen LogP contribution is 2.45. The monoisotopic (exact) mass is 1400 g/mol. The van der Waals surface area contributed by atoms with Gasteiger partial charge in [-0.25, -0.2) is 9.13 Å². The molecule has 564 valence electrons. The van der Waals surface area contributed by atoms with Crippen LogP contribution in [0.1, 0.15) is 395 Å². The summed E-state index contributed by atoms with van der Waals surface area (Å²) in [6.45, 7) is 9.56. The average molecular weight is 1400 g/mol. The van der Waals surface area contributed by atoms with Crippen LogP contribution in [0.25, 0.3) is 0 Å². The van der Waals surface area contributed by atoms with Crippen molar-refractivity contribution in [3.8, 4) is 0 Å². The van der Waals surface area contributed by atoms with Gasteiger partial charge in [0.1, 0.15) is 19.3 Å². The van der Waals surface area contributed by atoms with E-state index in [1.54, 1.807) is 0 Å². The van der Waals surface area contributed by atoms with E-state index in [1.807, 2.05) is 0 Å². The van der Waals surface area contributed by atoms with Crippen LogP contribution in [-0.4, -0.2) is 96.7 Å². The van der Waals surface area contributed by atoms with Gasteiger partial charge in [-0.15, -0.1) is 0 Å². The molecule has 95 heavy (non-hydrogen) atoms. The Morgan fingerprint density at radius 3 is 0.716 bits per heavy atom. The zero-order valence-corrected chi connectivity index (χ0v) is 63.8. The van der Waals surface area contributed by atoms with Gasteiger partial charge in [-0.2, -0.15) is 0 Å². The molecule has 0 spiro atoms. The van der Waals surface area contributed by atoms with Crippen LogP contribution in [0.15, 0.2) is 0 Å². The molecular formula is C76H148O17P2. The molecule has 0 fully saturated rings. The number of hydrogen-bond acceptors (Lipinski definition) is 15. The van der Waals surface area contributed by atoms with Gasteiger partial charge in [-0.3, -0.25) is 37.3 Å². The Bertz CT molecular complexity index is 1840. The first-order valence-electron chi connectivity index (χ1n) is 39.5. The first-order valence-corrected chi connectivity index (χ1v) is 42.5. The third kappa shape index (κ3) is 70.3. The van der Waals surface area contributed by atoms with Crippen LogP contribution in [0.2, 0.25) is 0 Å². The highest BCUT2D eigenvalue weighted by atomic mass is 31.2. The lowest BCUT2D eigenvalue weighted by molar-refractivity contribution is -0.161. The first kappa shape index (κ1) is 93.1. The maximum absolute atomic E-state index is 13.1. The number of phosphoric acid groups is 2. The summed E-state index contributed by atoms with van der Waals surface area (Å²) in [6, 6.07) is 0. The summed E-state index contributed by atoms with van der Waals surface area (Å²) >= 11 is 0. The number of aliphatic hydroxyl groups is 1. The van der Waals surface area contributed by atoms with Crippen LogP contribution >= 0.6 is 15.6 Å². The lowest BCUT2D eigenvalue weighted by Crippen LogP contribution is -2.30. The van der Waals surface area contributed by atoms with E-state index in [0.717, 1.165) is 102 Å². The summed E-state index contributed by atoms with van der Waals surface area (Å²) < 4.78 is 68.6. The minimum Gasteiger partial charge on any atom is -0.462 e. The van der Waals surface area contributed by atoms with E-state index in [9.17, 15) is 43.2 Å². The molecular weight excluding hydrogens is 1250 g/mol. The van der Waals surface area contributed by atoms with Gasteiger partial charge in [0, 0.05) is 25.7 Å². The van der Waals surface area contributed by atoms with Crippen LogP contribution in [0.3, 0.4) is 0 Å². The Morgan fingerprint density at radius 1 is 0.284 bits per heavy atom. The Kier molecular flexibility index (Phi) is 66.5. The predicted octanol–water partition coefficient (Wildman–Crippen LogP) is 22.3. The fourth-order valence-electron chi connectivity index (χ4n) is 11.7. The van der Waals surface area contributed by atoms with E-state index in [0.29, 0.717) is 25.7 Å². The van der Waals surface area contributed by atoms with Crippen LogP contribution in [0.5, 0.6) is 0 Å². The van der Waals surface area contributed by atoms with Crippen LogP contribution < -0.4 is 0 Å². The summed E-state index contributed by atoms with van der Waals surface area (Å²) in [7, 11) is -9.91. The van der Waals surface area contributed by atoms with Crippen molar-refractivity contribution in [1.29, 1.82) is 0 Å².